The van der Waals surface area contributed by atoms with Crippen molar-refractivity contribution in [1.29, 1.82) is 0 Å². The Morgan fingerprint density at radius 1 is 0.727 bits per heavy atom. The molecule has 9 heteroatoms. The molecule has 0 bridgehead atoms. The molecule has 0 aromatic carbocycles. The van der Waals surface area contributed by atoms with Crippen molar-refractivity contribution in [3.05, 3.63) is 33.4 Å². The molecule has 2 aromatic rings. The first kappa shape index (κ1) is 26.8. The fraction of sp³-hybridized carbons (Fsp3) is 0.750. The lowest BCUT2D eigenvalue weighted by molar-refractivity contribution is 0.120. The van der Waals surface area contributed by atoms with Crippen molar-refractivity contribution in [2.75, 3.05) is 13.2 Å². The highest BCUT2D eigenvalue weighted by atomic mass is 16.5. The number of rotatable bonds is 14. The van der Waals surface area contributed by atoms with Gasteiger partial charge in [-0.15, -0.1) is 0 Å². The van der Waals surface area contributed by atoms with Crippen LogP contribution in [0, 0.1) is 0 Å². The Morgan fingerprint density at radius 3 is 1.39 bits per heavy atom. The maximum Gasteiger partial charge on any atom is 0.331 e. The van der Waals surface area contributed by atoms with Crippen LogP contribution in [-0.4, -0.2) is 41.7 Å². The molecule has 33 heavy (non-hydrogen) atoms. The summed E-state index contributed by atoms with van der Waals surface area (Å²) in [5.41, 5.74) is -1.29. The summed E-state index contributed by atoms with van der Waals surface area (Å²) in [4.78, 5) is 24.9. The number of aromatic nitrogens is 4. The van der Waals surface area contributed by atoms with Crippen LogP contribution in [0.1, 0.15) is 80.1 Å². The summed E-state index contributed by atoms with van der Waals surface area (Å²) in [6.45, 7) is 14.0. The van der Waals surface area contributed by atoms with Gasteiger partial charge < -0.3 is 14.9 Å². The van der Waals surface area contributed by atoms with E-state index in [1.165, 1.54) is 30.7 Å². The van der Waals surface area contributed by atoms with Crippen LogP contribution in [0.2, 0.25) is 0 Å². The second-order valence-corrected chi connectivity index (χ2v) is 9.93. The summed E-state index contributed by atoms with van der Waals surface area (Å²) in [5.74, 6) is 0.0146. The molecular weight excluding hydrogens is 424 g/mol. The Labute approximate surface area is 196 Å². The average molecular weight is 467 g/mol. The van der Waals surface area contributed by atoms with Gasteiger partial charge in [0.05, 0.1) is 12.4 Å². The SMILES string of the molecule is CCn1cc(O)n(C(C)(C)CCCCOCCCCC(C)(C)n2c(O)cn(CC)c2=O)c1=O. The predicted molar refractivity (Wildman–Crippen MR) is 129 cm³/mol. The van der Waals surface area contributed by atoms with Crippen LogP contribution in [-0.2, 0) is 28.9 Å². The van der Waals surface area contributed by atoms with Crippen molar-refractivity contribution in [1.82, 2.24) is 18.3 Å². The zero-order valence-electron chi connectivity index (χ0n) is 21.1. The third-order valence-corrected chi connectivity index (χ3v) is 6.42. The van der Waals surface area contributed by atoms with Crippen molar-refractivity contribution in [3.8, 4) is 11.8 Å². The standard InChI is InChI=1S/C24H42N4O5/c1-7-25-17-19(29)27(21(25)31)23(3,4)13-9-11-15-33-16-12-10-14-24(5,6)28-20(30)18-26(8-2)22(28)32/h17-18,29-30H,7-16H2,1-6H3. The van der Waals surface area contributed by atoms with Gasteiger partial charge in [-0.1, -0.05) is 0 Å². The van der Waals surface area contributed by atoms with Crippen molar-refractivity contribution in [3.63, 3.8) is 0 Å². The van der Waals surface area contributed by atoms with E-state index < -0.39 is 11.1 Å². The normalized spacial score (nSPS) is 12.5. The van der Waals surface area contributed by atoms with E-state index in [9.17, 15) is 19.8 Å². The second-order valence-electron chi connectivity index (χ2n) is 9.93. The molecule has 0 radical (unpaired) electrons. The maximum absolute atomic E-state index is 12.4. The summed E-state index contributed by atoms with van der Waals surface area (Å²) in [6, 6.07) is 0. The molecule has 0 saturated heterocycles. The molecule has 0 atom stereocenters. The van der Waals surface area contributed by atoms with Crippen molar-refractivity contribution in [2.45, 2.75) is 104 Å². The van der Waals surface area contributed by atoms with E-state index in [0.29, 0.717) is 26.3 Å². The van der Waals surface area contributed by atoms with E-state index in [-0.39, 0.29) is 23.1 Å². The minimum atomic E-state index is -0.465. The van der Waals surface area contributed by atoms with Gasteiger partial charge in [-0.2, -0.15) is 0 Å². The molecule has 0 aliphatic heterocycles. The molecule has 2 aromatic heterocycles. The topological polar surface area (TPSA) is 104 Å². The summed E-state index contributed by atoms with van der Waals surface area (Å²) in [7, 11) is 0. The Balaban J connectivity index is 1.68. The van der Waals surface area contributed by atoms with Gasteiger partial charge in [0.1, 0.15) is 0 Å². The summed E-state index contributed by atoms with van der Waals surface area (Å²) in [6.07, 6.45) is 8.05. The molecule has 0 unspecified atom stereocenters. The number of aryl methyl sites for hydroxylation is 2. The van der Waals surface area contributed by atoms with Crippen LogP contribution in [0.3, 0.4) is 0 Å². The highest BCUT2D eigenvalue weighted by molar-refractivity contribution is 5.10. The summed E-state index contributed by atoms with van der Waals surface area (Å²) in [5, 5.41) is 20.3. The number of hydrogen-bond donors (Lipinski definition) is 2. The average Bonchev–Trinajstić information content (AvgIpc) is 3.20. The number of unbranched alkanes of at least 4 members (excludes halogenated alkanes) is 2. The monoisotopic (exact) mass is 466 g/mol. The molecule has 2 rings (SSSR count). The Kier molecular flexibility index (Phi) is 9.05. The summed E-state index contributed by atoms with van der Waals surface area (Å²) >= 11 is 0. The molecule has 0 fully saturated rings. The lowest BCUT2D eigenvalue weighted by atomic mass is 9.97. The fourth-order valence-corrected chi connectivity index (χ4v) is 4.40. The molecule has 9 nitrogen and oxygen atoms in total. The molecule has 0 aliphatic carbocycles. The zero-order chi connectivity index (χ0) is 24.8. The van der Waals surface area contributed by atoms with E-state index in [4.69, 9.17) is 4.74 Å². The third kappa shape index (κ3) is 6.34. The first-order chi connectivity index (χ1) is 15.5. The van der Waals surface area contributed by atoms with Crippen molar-refractivity contribution in [2.24, 2.45) is 0 Å². The van der Waals surface area contributed by atoms with Crippen LogP contribution in [0.15, 0.2) is 22.0 Å². The van der Waals surface area contributed by atoms with Gasteiger partial charge >= 0.3 is 11.4 Å². The van der Waals surface area contributed by atoms with Crippen LogP contribution >= 0.6 is 0 Å². The largest absolute Gasteiger partial charge is 0.493 e. The number of imidazole rings is 2. The molecule has 0 saturated carbocycles. The number of ether oxygens (including phenoxy) is 1. The van der Waals surface area contributed by atoms with Crippen LogP contribution in [0.25, 0.3) is 0 Å². The Hall–Kier alpha value is -2.42. The fourth-order valence-electron chi connectivity index (χ4n) is 4.40. The third-order valence-electron chi connectivity index (χ3n) is 6.42. The van der Waals surface area contributed by atoms with Crippen LogP contribution in [0.5, 0.6) is 11.8 Å². The van der Waals surface area contributed by atoms with Gasteiger partial charge in [-0.3, -0.25) is 18.3 Å². The minimum absolute atomic E-state index is 0.00728. The molecule has 0 spiro atoms. The number of nitrogens with zero attached hydrogens (tertiary/aromatic N) is 4. The van der Waals surface area contributed by atoms with Gasteiger partial charge in [0.15, 0.2) is 0 Å². The van der Waals surface area contributed by atoms with Crippen LogP contribution in [0.4, 0.5) is 0 Å². The van der Waals surface area contributed by atoms with E-state index in [0.717, 1.165) is 38.5 Å². The van der Waals surface area contributed by atoms with Gasteiger partial charge in [0, 0.05) is 37.4 Å². The number of hydrogen-bond acceptors (Lipinski definition) is 5. The molecule has 2 heterocycles. The smallest absolute Gasteiger partial charge is 0.331 e. The molecule has 2 N–H and O–H groups in total. The highest BCUT2D eigenvalue weighted by Gasteiger charge is 2.27. The van der Waals surface area contributed by atoms with Gasteiger partial charge in [0.2, 0.25) is 11.8 Å². The van der Waals surface area contributed by atoms with Gasteiger partial charge in [0.25, 0.3) is 0 Å². The number of aromatic hydroxyl groups is 2. The predicted octanol–water partition coefficient (Wildman–Crippen LogP) is 3.59. The van der Waals surface area contributed by atoms with E-state index in [2.05, 4.69) is 0 Å². The first-order valence-corrected chi connectivity index (χ1v) is 12.1. The lowest BCUT2D eigenvalue weighted by Gasteiger charge is -2.26. The zero-order valence-corrected chi connectivity index (χ0v) is 21.1. The molecular formula is C24H42N4O5. The first-order valence-electron chi connectivity index (χ1n) is 12.1. The Bertz CT molecular complexity index is 929. The van der Waals surface area contributed by atoms with Gasteiger partial charge in [-0.05, 0) is 80.1 Å². The maximum atomic E-state index is 12.4. The molecule has 0 aliphatic rings. The van der Waals surface area contributed by atoms with E-state index in [1.54, 1.807) is 0 Å². The quantitative estimate of drug-likeness (QED) is 0.414. The van der Waals surface area contributed by atoms with Gasteiger partial charge in [-0.25, -0.2) is 9.59 Å². The second kappa shape index (κ2) is 11.1. The summed E-state index contributed by atoms with van der Waals surface area (Å²) < 4.78 is 11.7. The van der Waals surface area contributed by atoms with Crippen LogP contribution < -0.4 is 11.4 Å². The van der Waals surface area contributed by atoms with Crippen molar-refractivity contribution < 1.29 is 14.9 Å². The molecule has 0 amide bonds. The van der Waals surface area contributed by atoms with Crippen molar-refractivity contribution >= 4 is 0 Å². The lowest BCUT2D eigenvalue weighted by Crippen LogP contribution is -2.36. The Morgan fingerprint density at radius 2 is 1.09 bits per heavy atom. The molecule has 188 valence electrons. The minimum Gasteiger partial charge on any atom is -0.493 e. The highest BCUT2D eigenvalue weighted by Crippen LogP contribution is 2.27. The van der Waals surface area contributed by atoms with E-state index in [1.807, 2.05) is 41.5 Å². The van der Waals surface area contributed by atoms with E-state index >= 15 is 0 Å².